The van der Waals surface area contributed by atoms with Crippen LogP contribution >= 0.6 is 0 Å². The number of benzene rings is 1. The van der Waals surface area contributed by atoms with E-state index in [4.69, 9.17) is 0 Å². The van der Waals surface area contributed by atoms with Gasteiger partial charge in [0, 0.05) is 39.0 Å². The Bertz CT molecular complexity index is 491. The van der Waals surface area contributed by atoms with Crippen molar-refractivity contribution in [2.45, 2.75) is 26.8 Å². The minimum absolute atomic E-state index is 0.000966. The molecule has 1 atom stereocenters. The molecule has 1 aromatic carbocycles. The van der Waals surface area contributed by atoms with Crippen LogP contribution in [0, 0.1) is 5.92 Å². The van der Waals surface area contributed by atoms with Gasteiger partial charge < -0.3 is 4.90 Å². The van der Waals surface area contributed by atoms with E-state index in [-0.39, 0.29) is 23.7 Å². The first kappa shape index (κ1) is 15.7. The summed E-state index contributed by atoms with van der Waals surface area (Å²) in [6, 6.07) is 9.75. The van der Waals surface area contributed by atoms with Crippen LogP contribution in [-0.2, 0) is 9.59 Å². The van der Waals surface area contributed by atoms with Crippen molar-refractivity contribution < 1.29 is 9.59 Å². The number of carbonyl (C=O) groups excluding carboxylic acids is 2. The Labute approximate surface area is 126 Å². The minimum Gasteiger partial charge on any atom is -0.340 e. The van der Waals surface area contributed by atoms with Gasteiger partial charge in [-0.1, -0.05) is 44.2 Å². The molecular weight excluding hydrogens is 264 g/mol. The van der Waals surface area contributed by atoms with Gasteiger partial charge in [0.1, 0.15) is 0 Å². The van der Waals surface area contributed by atoms with Crippen LogP contribution in [0.15, 0.2) is 30.3 Å². The summed E-state index contributed by atoms with van der Waals surface area (Å²) < 4.78 is 0. The molecule has 1 fully saturated rings. The Morgan fingerprint density at radius 3 is 2.05 bits per heavy atom. The predicted molar refractivity (Wildman–Crippen MR) is 82.9 cm³/mol. The number of rotatable bonds is 4. The van der Waals surface area contributed by atoms with E-state index in [0.29, 0.717) is 13.1 Å². The smallest absolute Gasteiger partial charge is 0.219 e. The summed E-state index contributed by atoms with van der Waals surface area (Å²) in [6.07, 6.45) is 0. The SMILES string of the molecule is CC(=O)N1CCN(C(C(=O)C(C)C)c2ccccc2)CC1. The molecule has 0 saturated carbocycles. The zero-order valence-corrected chi connectivity index (χ0v) is 13.1. The Kier molecular flexibility index (Phi) is 5.12. The lowest BCUT2D eigenvalue weighted by Gasteiger charge is -2.39. The predicted octanol–water partition coefficient (Wildman–Crippen LogP) is 2.12. The zero-order valence-electron chi connectivity index (χ0n) is 13.1. The second-order valence-electron chi connectivity index (χ2n) is 5.91. The Morgan fingerprint density at radius 1 is 1.00 bits per heavy atom. The summed E-state index contributed by atoms with van der Waals surface area (Å²) in [7, 11) is 0. The first-order valence-corrected chi connectivity index (χ1v) is 7.59. The molecule has 1 amide bonds. The Balaban J connectivity index is 2.18. The summed E-state index contributed by atoms with van der Waals surface area (Å²) >= 11 is 0. The number of Topliss-reactive ketones (excluding diaryl/α,β-unsaturated/α-hetero) is 1. The minimum atomic E-state index is -0.194. The molecule has 2 rings (SSSR count). The van der Waals surface area contributed by atoms with Crippen molar-refractivity contribution in [2.75, 3.05) is 26.2 Å². The molecule has 0 bridgehead atoms. The van der Waals surface area contributed by atoms with Crippen LogP contribution < -0.4 is 0 Å². The number of carbonyl (C=O) groups is 2. The van der Waals surface area contributed by atoms with E-state index in [2.05, 4.69) is 4.90 Å². The van der Waals surface area contributed by atoms with Gasteiger partial charge >= 0.3 is 0 Å². The summed E-state index contributed by atoms with van der Waals surface area (Å²) in [6.45, 7) is 8.39. The number of piperazine rings is 1. The average molecular weight is 288 g/mol. The molecule has 1 aliphatic rings. The zero-order chi connectivity index (χ0) is 15.4. The highest BCUT2D eigenvalue weighted by atomic mass is 16.2. The summed E-state index contributed by atoms with van der Waals surface area (Å²) in [5.41, 5.74) is 1.05. The van der Waals surface area contributed by atoms with E-state index in [1.807, 2.05) is 49.1 Å². The molecule has 1 aromatic rings. The lowest BCUT2D eigenvalue weighted by atomic mass is 9.93. The average Bonchev–Trinajstić information content (AvgIpc) is 2.49. The number of nitrogens with zero attached hydrogens (tertiary/aromatic N) is 2. The van der Waals surface area contributed by atoms with E-state index in [0.717, 1.165) is 18.7 Å². The maximum atomic E-state index is 12.6. The fraction of sp³-hybridized carbons (Fsp3) is 0.529. The van der Waals surface area contributed by atoms with Crippen molar-refractivity contribution in [2.24, 2.45) is 5.92 Å². The van der Waals surface area contributed by atoms with Gasteiger partial charge in [-0.3, -0.25) is 14.5 Å². The third-order valence-electron chi connectivity index (χ3n) is 4.08. The molecule has 1 unspecified atom stereocenters. The van der Waals surface area contributed by atoms with Gasteiger partial charge in [-0.15, -0.1) is 0 Å². The maximum absolute atomic E-state index is 12.6. The third-order valence-corrected chi connectivity index (χ3v) is 4.08. The summed E-state index contributed by atoms with van der Waals surface area (Å²) in [5.74, 6) is 0.361. The number of amides is 1. The highest BCUT2D eigenvalue weighted by Crippen LogP contribution is 2.26. The van der Waals surface area contributed by atoms with Crippen molar-refractivity contribution in [3.63, 3.8) is 0 Å². The molecule has 0 aliphatic carbocycles. The van der Waals surface area contributed by atoms with Crippen LogP contribution in [0.2, 0.25) is 0 Å². The molecule has 0 radical (unpaired) electrons. The molecule has 1 aliphatic heterocycles. The van der Waals surface area contributed by atoms with Crippen LogP contribution in [0.1, 0.15) is 32.4 Å². The lowest BCUT2D eigenvalue weighted by molar-refractivity contribution is -0.133. The summed E-state index contributed by atoms with van der Waals surface area (Å²) in [5, 5.41) is 0. The van der Waals surface area contributed by atoms with Gasteiger partial charge in [0.25, 0.3) is 0 Å². The van der Waals surface area contributed by atoms with Crippen molar-refractivity contribution in [3.05, 3.63) is 35.9 Å². The van der Waals surface area contributed by atoms with Crippen LogP contribution in [0.4, 0.5) is 0 Å². The van der Waals surface area contributed by atoms with E-state index in [1.54, 1.807) is 6.92 Å². The van der Waals surface area contributed by atoms with Crippen molar-refractivity contribution >= 4 is 11.7 Å². The fourth-order valence-electron chi connectivity index (χ4n) is 2.80. The van der Waals surface area contributed by atoms with Crippen LogP contribution in [0.5, 0.6) is 0 Å². The van der Waals surface area contributed by atoms with Gasteiger partial charge in [-0.05, 0) is 5.56 Å². The molecule has 1 heterocycles. The monoisotopic (exact) mass is 288 g/mol. The highest BCUT2D eigenvalue weighted by molar-refractivity contribution is 5.87. The Hall–Kier alpha value is -1.68. The first-order valence-electron chi connectivity index (χ1n) is 7.59. The van der Waals surface area contributed by atoms with E-state index < -0.39 is 0 Å². The molecule has 4 nitrogen and oxygen atoms in total. The van der Waals surface area contributed by atoms with Gasteiger partial charge in [-0.2, -0.15) is 0 Å². The van der Waals surface area contributed by atoms with Gasteiger partial charge in [0.15, 0.2) is 5.78 Å². The van der Waals surface area contributed by atoms with E-state index in [1.165, 1.54) is 0 Å². The molecule has 1 saturated heterocycles. The maximum Gasteiger partial charge on any atom is 0.219 e. The molecule has 0 N–H and O–H groups in total. The van der Waals surface area contributed by atoms with Crippen molar-refractivity contribution in [3.8, 4) is 0 Å². The number of ketones is 1. The van der Waals surface area contributed by atoms with E-state index >= 15 is 0 Å². The first-order chi connectivity index (χ1) is 10.0. The summed E-state index contributed by atoms with van der Waals surface area (Å²) in [4.78, 5) is 28.1. The normalized spacial score (nSPS) is 17.8. The van der Waals surface area contributed by atoms with Crippen LogP contribution in [0.3, 0.4) is 0 Å². The van der Waals surface area contributed by atoms with Crippen molar-refractivity contribution in [1.82, 2.24) is 9.80 Å². The van der Waals surface area contributed by atoms with Crippen molar-refractivity contribution in [1.29, 1.82) is 0 Å². The van der Waals surface area contributed by atoms with Crippen LogP contribution in [0.25, 0.3) is 0 Å². The van der Waals surface area contributed by atoms with Gasteiger partial charge in [0.05, 0.1) is 6.04 Å². The van der Waals surface area contributed by atoms with Crippen LogP contribution in [-0.4, -0.2) is 47.7 Å². The fourth-order valence-corrected chi connectivity index (χ4v) is 2.80. The molecular formula is C17H24N2O2. The second kappa shape index (κ2) is 6.85. The van der Waals surface area contributed by atoms with Gasteiger partial charge in [-0.25, -0.2) is 0 Å². The molecule has 4 heteroatoms. The number of hydrogen-bond donors (Lipinski definition) is 0. The second-order valence-corrected chi connectivity index (χ2v) is 5.91. The molecule has 114 valence electrons. The van der Waals surface area contributed by atoms with Gasteiger partial charge in [0.2, 0.25) is 5.91 Å². The molecule has 0 spiro atoms. The lowest BCUT2D eigenvalue weighted by Crippen LogP contribution is -2.50. The largest absolute Gasteiger partial charge is 0.340 e. The van der Waals surface area contributed by atoms with E-state index in [9.17, 15) is 9.59 Å². The Morgan fingerprint density at radius 2 is 1.57 bits per heavy atom. The molecule has 21 heavy (non-hydrogen) atoms. The standard InChI is InChI=1S/C17H24N2O2/c1-13(2)17(21)16(15-7-5-4-6-8-15)19-11-9-18(10-12-19)14(3)20/h4-8,13,16H,9-12H2,1-3H3. The quantitative estimate of drug-likeness (QED) is 0.852. The third kappa shape index (κ3) is 3.70. The topological polar surface area (TPSA) is 40.6 Å². The highest BCUT2D eigenvalue weighted by Gasteiger charge is 2.31. The molecule has 0 aromatic heterocycles. The number of hydrogen-bond acceptors (Lipinski definition) is 3.